The van der Waals surface area contributed by atoms with E-state index in [2.05, 4.69) is 4.74 Å². The molecule has 19 heavy (non-hydrogen) atoms. The number of carbonyl (C=O) groups is 1. The maximum absolute atomic E-state index is 11.3. The number of phenols is 1. The quantitative estimate of drug-likeness (QED) is 0.675. The number of esters is 1. The highest BCUT2D eigenvalue weighted by molar-refractivity contribution is 5.89. The van der Waals surface area contributed by atoms with Crippen LogP contribution >= 0.6 is 0 Å². The smallest absolute Gasteiger partial charge is 0.337 e. The minimum Gasteiger partial charge on any atom is -0.508 e. The van der Waals surface area contributed by atoms with Crippen molar-refractivity contribution >= 4 is 18.1 Å². The summed E-state index contributed by atoms with van der Waals surface area (Å²) in [6, 6.07) is 14.1. The minimum atomic E-state index is -0.344. The number of hydrogen-bond acceptors (Lipinski definition) is 3. The first-order chi connectivity index (χ1) is 9.19. The standard InChI is InChI=1S/C16H14O3/c1-19-16(18)14-9-7-12(8-10-14)5-6-13-3-2-4-15(17)11-13/h2-11,17H,1H3/b6-5+. The van der Waals surface area contributed by atoms with Crippen LogP contribution in [0.15, 0.2) is 48.5 Å². The molecule has 0 aliphatic carbocycles. The summed E-state index contributed by atoms with van der Waals surface area (Å²) in [6.45, 7) is 0. The van der Waals surface area contributed by atoms with E-state index in [4.69, 9.17) is 0 Å². The molecule has 0 saturated carbocycles. The summed E-state index contributed by atoms with van der Waals surface area (Å²) < 4.78 is 4.63. The average Bonchev–Trinajstić information content (AvgIpc) is 2.45. The molecule has 1 N–H and O–H groups in total. The van der Waals surface area contributed by atoms with Crippen LogP contribution in [0.5, 0.6) is 5.75 Å². The van der Waals surface area contributed by atoms with E-state index in [0.29, 0.717) is 5.56 Å². The molecular weight excluding hydrogens is 240 g/mol. The predicted octanol–water partition coefficient (Wildman–Crippen LogP) is 3.35. The normalized spacial score (nSPS) is 10.6. The molecule has 0 aliphatic rings. The first kappa shape index (κ1) is 12.9. The van der Waals surface area contributed by atoms with Gasteiger partial charge in [0.25, 0.3) is 0 Å². The van der Waals surface area contributed by atoms with Gasteiger partial charge in [0.2, 0.25) is 0 Å². The molecule has 0 aliphatic heterocycles. The van der Waals surface area contributed by atoms with Crippen LogP contribution in [0.2, 0.25) is 0 Å². The zero-order valence-corrected chi connectivity index (χ0v) is 10.5. The summed E-state index contributed by atoms with van der Waals surface area (Å²) in [4.78, 5) is 11.3. The predicted molar refractivity (Wildman–Crippen MR) is 74.8 cm³/mol. The van der Waals surface area contributed by atoms with E-state index in [0.717, 1.165) is 11.1 Å². The number of rotatable bonds is 3. The SMILES string of the molecule is COC(=O)c1ccc(/C=C/c2cccc(O)c2)cc1. The van der Waals surface area contributed by atoms with Crippen LogP contribution in [0.1, 0.15) is 21.5 Å². The van der Waals surface area contributed by atoms with Gasteiger partial charge in [0.05, 0.1) is 12.7 Å². The number of methoxy groups -OCH3 is 1. The Balaban J connectivity index is 2.13. The van der Waals surface area contributed by atoms with Gasteiger partial charge in [-0.05, 0) is 35.4 Å². The number of benzene rings is 2. The fourth-order valence-electron chi connectivity index (χ4n) is 1.67. The van der Waals surface area contributed by atoms with Crippen LogP contribution in [-0.4, -0.2) is 18.2 Å². The van der Waals surface area contributed by atoms with Gasteiger partial charge >= 0.3 is 5.97 Å². The molecule has 0 unspecified atom stereocenters. The molecule has 0 spiro atoms. The molecule has 0 fully saturated rings. The van der Waals surface area contributed by atoms with E-state index in [9.17, 15) is 9.90 Å². The van der Waals surface area contributed by atoms with Crippen molar-refractivity contribution in [2.75, 3.05) is 7.11 Å². The number of aromatic hydroxyl groups is 1. The Labute approximate surface area is 111 Å². The van der Waals surface area contributed by atoms with Gasteiger partial charge in [-0.1, -0.05) is 36.4 Å². The summed E-state index contributed by atoms with van der Waals surface area (Å²) in [6.07, 6.45) is 3.81. The Morgan fingerprint density at radius 3 is 2.37 bits per heavy atom. The summed E-state index contributed by atoms with van der Waals surface area (Å²) >= 11 is 0. The van der Waals surface area contributed by atoms with E-state index in [1.165, 1.54) is 7.11 Å². The molecule has 0 bridgehead atoms. The van der Waals surface area contributed by atoms with Crippen molar-refractivity contribution in [2.24, 2.45) is 0 Å². The third-order valence-electron chi connectivity index (χ3n) is 2.67. The van der Waals surface area contributed by atoms with E-state index < -0.39 is 0 Å². The summed E-state index contributed by atoms with van der Waals surface area (Å²) in [5, 5.41) is 9.35. The van der Waals surface area contributed by atoms with Gasteiger partial charge < -0.3 is 9.84 Å². The van der Waals surface area contributed by atoms with Crippen LogP contribution in [0.3, 0.4) is 0 Å². The molecule has 3 nitrogen and oxygen atoms in total. The van der Waals surface area contributed by atoms with Crippen LogP contribution in [0, 0.1) is 0 Å². The maximum atomic E-state index is 11.3. The topological polar surface area (TPSA) is 46.5 Å². The highest BCUT2D eigenvalue weighted by Crippen LogP contribution is 2.14. The van der Waals surface area contributed by atoms with Gasteiger partial charge in [0, 0.05) is 0 Å². The van der Waals surface area contributed by atoms with Crippen LogP contribution < -0.4 is 0 Å². The number of ether oxygens (including phenoxy) is 1. The molecular formula is C16H14O3. The molecule has 2 rings (SSSR count). The second-order valence-electron chi connectivity index (χ2n) is 4.04. The van der Waals surface area contributed by atoms with Crippen LogP contribution in [-0.2, 0) is 4.74 Å². The molecule has 0 radical (unpaired) electrons. The van der Waals surface area contributed by atoms with Crippen molar-refractivity contribution in [1.82, 2.24) is 0 Å². The molecule has 0 amide bonds. The molecule has 96 valence electrons. The van der Waals surface area contributed by atoms with Crippen molar-refractivity contribution in [3.8, 4) is 5.75 Å². The summed E-state index contributed by atoms with van der Waals surface area (Å²) in [5.41, 5.74) is 2.41. The maximum Gasteiger partial charge on any atom is 0.337 e. The van der Waals surface area contributed by atoms with Gasteiger partial charge in [0.15, 0.2) is 0 Å². The van der Waals surface area contributed by atoms with Gasteiger partial charge in [-0.25, -0.2) is 4.79 Å². The lowest BCUT2D eigenvalue weighted by Gasteiger charge is -1.99. The van der Waals surface area contributed by atoms with Crippen molar-refractivity contribution in [1.29, 1.82) is 0 Å². The summed E-state index contributed by atoms with van der Waals surface area (Å²) in [7, 11) is 1.36. The number of carbonyl (C=O) groups excluding carboxylic acids is 1. The van der Waals surface area contributed by atoms with E-state index >= 15 is 0 Å². The lowest BCUT2D eigenvalue weighted by atomic mass is 10.1. The Bertz CT molecular complexity index is 598. The van der Waals surface area contributed by atoms with Gasteiger partial charge in [-0.2, -0.15) is 0 Å². The molecule has 0 aromatic heterocycles. The number of phenolic OH excluding ortho intramolecular Hbond substituents is 1. The molecule has 0 saturated heterocycles. The Hall–Kier alpha value is -2.55. The largest absolute Gasteiger partial charge is 0.508 e. The molecule has 0 atom stereocenters. The molecule has 2 aromatic rings. The molecule has 3 heteroatoms. The third kappa shape index (κ3) is 3.45. The Morgan fingerprint density at radius 1 is 1.05 bits per heavy atom. The van der Waals surface area contributed by atoms with Gasteiger partial charge in [-0.15, -0.1) is 0 Å². The lowest BCUT2D eigenvalue weighted by molar-refractivity contribution is 0.0600. The fraction of sp³-hybridized carbons (Fsp3) is 0.0625. The Morgan fingerprint density at radius 2 is 1.74 bits per heavy atom. The number of hydrogen-bond donors (Lipinski definition) is 1. The van der Waals surface area contributed by atoms with Gasteiger partial charge in [-0.3, -0.25) is 0 Å². The van der Waals surface area contributed by atoms with Crippen molar-refractivity contribution in [3.63, 3.8) is 0 Å². The molecule has 0 heterocycles. The van der Waals surface area contributed by atoms with Gasteiger partial charge in [0.1, 0.15) is 5.75 Å². The van der Waals surface area contributed by atoms with Crippen molar-refractivity contribution < 1.29 is 14.6 Å². The van der Waals surface area contributed by atoms with E-state index in [1.807, 2.05) is 30.4 Å². The van der Waals surface area contributed by atoms with Crippen molar-refractivity contribution in [3.05, 3.63) is 65.2 Å². The lowest BCUT2D eigenvalue weighted by Crippen LogP contribution is -2.00. The highest BCUT2D eigenvalue weighted by Gasteiger charge is 2.02. The average molecular weight is 254 g/mol. The molecule has 2 aromatic carbocycles. The minimum absolute atomic E-state index is 0.239. The third-order valence-corrected chi connectivity index (χ3v) is 2.67. The zero-order chi connectivity index (χ0) is 13.7. The van der Waals surface area contributed by atoms with E-state index in [1.54, 1.807) is 30.3 Å². The highest BCUT2D eigenvalue weighted by atomic mass is 16.5. The monoisotopic (exact) mass is 254 g/mol. The zero-order valence-electron chi connectivity index (χ0n) is 10.5. The fourth-order valence-corrected chi connectivity index (χ4v) is 1.67. The second kappa shape index (κ2) is 5.87. The first-order valence-electron chi connectivity index (χ1n) is 5.84. The van der Waals surface area contributed by atoms with Crippen molar-refractivity contribution in [2.45, 2.75) is 0 Å². The summed E-state index contributed by atoms with van der Waals surface area (Å²) in [5.74, 6) is -0.105. The first-order valence-corrected chi connectivity index (χ1v) is 5.84. The van der Waals surface area contributed by atoms with Crippen LogP contribution in [0.25, 0.3) is 12.2 Å². The second-order valence-corrected chi connectivity index (χ2v) is 4.04. The Kier molecular flexibility index (Phi) is 3.98. The van der Waals surface area contributed by atoms with E-state index in [-0.39, 0.29) is 11.7 Å². The van der Waals surface area contributed by atoms with Crippen LogP contribution in [0.4, 0.5) is 0 Å².